The zero-order valence-corrected chi connectivity index (χ0v) is 13.8. The lowest BCUT2D eigenvalue weighted by atomic mass is 10.1. The van der Waals surface area contributed by atoms with Gasteiger partial charge in [-0.05, 0) is 25.1 Å². The van der Waals surface area contributed by atoms with Gasteiger partial charge in [0.2, 0.25) is 6.79 Å². The molecule has 0 bridgehead atoms. The molecule has 0 atom stereocenters. The predicted molar refractivity (Wildman–Crippen MR) is 88.3 cm³/mol. The van der Waals surface area contributed by atoms with E-state index in [9.17, 15) is 18.5 Å². The van der Waals surface area contributed by atoms with E-state index in [2.05, 4.69) is 5.10 Å². The Morgan fingerprint density at radius 3 is 2.48 bits per heavy atom. The summed E-state index contributed by atoms with van der Waals surface area (Å²) in [6, 6.07) is 8.76. The first-order valence-corrected chi connectivity index (χ1v) is 8.55. The van der Waals surface area contributed by atoms with Crippen molar-refractivity contribution in [3.63, 3.8) is 0 Å². The molecule has 0 fully saturated rings. The number of sulfonamides is 1. The van der Waals surface area contributed by atoms with Gasteiger partial charge in [0.05, 0.1) is 27.7 Å². The van der Waals surface area contributed by atoms with Crippen LogP contribution in [0.4, 0.5) is 5.69 Å². The standard InChI is InChI=1S/C15H13N3O6S/c1-10-2-4-12(5-3-10)25(21,22)17-16-8-11-6-14-15(24-9-23-14)7-13(11)18(19)20/h2-8,17H,9H2,1H3/b16-8-. The van der Waals surface area contributed by atoms with Crippen LogP contribution in [0.5, 0.6) is 11.5 Å². The van der Waals surface area contributed by atoms with Crippen LogP contribution in [0, 0.1) is 17.0 Å². The molecule has 0 saturated heterocycles. The minimum Gasteiger partial charge on any atom is -0.454 e. The molecule has 2 aromatic rings. The van der Waals surface area contributed by atoms with E-state index in [1.807, 2.05) is 11.8 Å². The summed E-state index contributed by atoms with van der Waals surface area (Å²) in [7, 11) is -3.87. The fraction of sp³-hybridized carbons (Fsp3) is 0.133. The number of hydrogen-bond donors (Lipinski definition) is 1. The summed E-state index contributed by atoms with van der Waals surface area (Å²) < 4.78 is 34.5. The van der Waals surface area contributed by atoms with E-state index in [0.717, 1.165) is 11.8 Å². The average Bonchev–Trinajstić information content (AvgIpc) is 3.01. The minimum atomic E-state index is -3.87. The highest BCUT2D eigenvalue weighted by Crippen LogP contribution is 2.37. The summed E-state index contributed by atoms with van der Waals surface area (Å²) >= 11 is 0. The van der Waals surface area contributed by atoms with Crippen molar-refractivity contribution in [3.8, 4) is 11.5 Å². The SMILES string of the molecule is Cc1ccc(S(=O)(=O)N/N=C\c2cc3c(cc2[N+](=O)[O-])OCO3)cc1. The second kappa shape index (κ2) is 6.40. The molecule has 1 N–H and O–H groups in total. The number of benzene rings is 2. The van der Waals surface area contributed by atoms with Crippen molar-refractivity contribution >= 4 is 21.9 Å². The van der Waals surface area contributed by atoms with E-state index in [4.69, 9.17) is 9.47 Å². The van der Waals surface area contributed by atoms with Crippen LogP contribution < -0.4 is 14.3 Å². The second-order valence-electron chi connectivity index (χ2n) is 5.19. The maximum atomic E-state index is 12.1. The van der Waals surface area contributed by atoms with Gasteiger partial charge in [-0.2, -0.15) is 13.5 Å². The molecule has 130 valence electrons. The molecule has 2 aromatic carbocycles. The second-order valence-corrected chi connectivity index (χ2v) is 6.85. The van der Waals surface area contributed by atoms with Gasteiger partial charge in [-0.3, -0.25) is 10.1 Å². The van der Waals surface area contributed by atoms with E-state index < -0.39 is 14.9 Å². The van der Waals surface area contributed by atoms with Gasteiger partial charge in [0.25, 0.3) is 15.7 Å². The molecule has 0 saturated carbocycles. The largest absolute Gasteiger partial charge is 0.454 e. The highest BCUT2D eigenvalue weighted by molar-refractivity contribution is 7.89. The Kier molecular flexibility index (Phi) is 4.28. The first-order valence-electron chi connectivity index (χ1n) is 7.06. The number of nitrogens with one attached hydrogen (secondary N) is 1. The molecule has 0 aliphatic carbocycles. The monoisotopic (exact) mass is 363 g/mol. The van der Waals surface area contributed by atoms with Gasteiger partial charge in [-0.25, -0.2) is 4.83 Å². The van der Waals surface area contributed by atoms with E-state index in [-0.39, 0.29) is 28.7 Å². The lowest BCUT2D eigenvalue weighted by Gasteiger charge is -2.04. The molecule has 1 heterocycles. The molecule has 0 radical (unpaired) electrons. The Morgan fingerprint density at radius 1 is 1.20 bits per heavy atom. The molecule has 1 aliphatic rings. The molecule has 0 unspecified atom stereocenters. The smallest absolute Gasteiger partial charge is 0.282 e. The minimum absolute atomic E-state index is 0.0346. The highest BCUT2D eigenvalue weighted by atomic mass is 32.2. The van der Waals surface area contributed by atoms with Crippen LogP contribution in [0.1, 0.15) is 11.1 Å². The molecule has 9 nitrogen and oxygen atoms in total. The predicted octanol–water partition coefficient (Wildman–Crippen LogP) is 1.94. The van der Waals surface area contributed by atoms with Gasteiger partial charge in [0, 0.05) is 0 Å². The topological polar surface area (TPSA) is 120 Å². The number of ether oxygens (including phenoxy) is 2. The molecule has 10 heteroatoms. The van der Waals surface area contributed by atoms with E-state index in [1.165, 1.54) is 24.3 Å². The van der Waals surface area contributed by atoms with E-state index in [0.29, 0.717) is 5.75 Å². The fourth-order valence-electron chi connectivity index (χ4n) is 2.14. The molecular weight excluding hydrogens is 350 g/mol. The first-order chi connectivity index (χ1) is 11.9. The van der Waals surface area contributed by atoms with Crippen LogP contribution in [-0.4, -0.2) is 26.3 Å². The third kappa shape index (κ3) is 3.53. The third-order valence-electron chi connectivity index (χ3n) is 3.43. The summed E-state index contributed by atoms with van der Waals surface area (Å²) in [5, 5.41) is 14.8. The van der Waals surface area contributed by atoms with Crippen LogP contribution in [0.25, 0.3) is 0 Å². The first kappa shape index (κ1) is 16.7. The van der Waals surface area contributed by atoms with E-state index >= 15 is 0 Å². The van der Waals surface area contributed by atoms with Gasteiger partial charge in [0.15, 0.2) is 11.5 Å². The number of rotatable bonds is 5. The van der Waals surface area contributed by atoms with Crippen LogP contribution in [0.3, 0.4) is 0 Å². The molecule has 0 aromatic heterocycles. The number of nitrogens with zero attached hydrogens (tertiary/aromatic N) is 2. The summed E-state index contributed by atoms with van der Waals surface area (Å²) in [5.41, 5.74) is 0.724. The third-order valence-corrected chi connectivity index (χ3v) is 4.66. The Bertz CT molecular complexity index is 954. The lowest BCUT2D eigenvalue weighted by Crippen LogP contribution is -2.18. The number of hydrogen-bond acceptors (Lipinski definition) is 7. The number of nitro benzene ring substituents is 1. The van der Waals surface area contributed by atoms with E-state index in [1.54, 1.807) is 12.1 Å². The normalized spacial score (nSPS) is 13.2. The summed E-state index contributed by atoms with van der Waals surface area (Å²) in [5.74, 6) is 0.581. The molecule has 3 rings (SSSR count). The summed E-state index contributed by atoms with van der Waals surface area (Å²) in [6.45, 7) is 1.80. The Balaban J connectivity index is 1.85. The molecule has 0 spiro atoms. The van der Waals surface area contributed by atoms with Gasteiger partial charge >= 0.3 is 0 Å². The number of fused-ring (bicyclic) bond motifs is 1. The molecule has 25 heavy (non-hydrogen) atoms. The van der Waals surface area contributed by atoms with Crippen molar-refractivity contribution < 1.29 is 22.8 Å². The number of hydrazone groups is 1. The van der Waals surface area contributed by atoms with Crippen LogP contribution in [0.15, 0.2) is 46.4 Å². The van der Waals surface area contributed by atoms with Gasteiger partial charge in [-0.15, -0.1) is 0 Å². The molecule has 1 aliphatic heterocycles. The Hall–Kier alpha value is -3.14. The average molecular weight is 363 g/mol. The van der Waals surface area contributed by atoms with Crippen molar-refractivity contribution in [1.29, 1.82) is 0 Å². The quantitative estimate of drug-likeness (QED) is 0.492. The Morgan fingerprint density at radius 2 is 1.84 bits per heavy atom. The molecule has 0 amide bonds. The van der Waals surface area contributed by atoms with Crippen molar-refractivity contribution in [3.05, 3.63) is 57.6 Å². The Labute approximate surface area is 143 Å². The van der Waals surface area contributed by atoms with Crippen LogP contribution in [0.2, 0.25) is 0 Å². The maximum Gasteiger partial charge on any atom is 0.282 e. The van der Waals surface area contributed by atoms with Gasteiger partial charge in [-0.1, -0.05) is 17.7 Å². The van der Waals surface area contributed by atoms with Gasteiger partial charge in [0.1, 0.15) is 0 Å². The van der Waals surface area contributed by atoms with Crippen molar-refractivity contribution in [2.45, 2.75) is 11.8 Å². The summed E-state index contributed by atoms with van der Waals surface area (Å²) in [6.07, 6.45) is 1.05. The van der Waals surface area contributed by atoms with Crippen LogP contribution >= 0.6 is 0 Å². The maximum absolute atomic E-state index is 12.1. The van der Waals surface area contributed by atoms with Crippen molar-refractivity contribution in [2.75, 3.05) is 6.79 Å². The van der Waals surface area contributed by atoms with Gasteiger partial charge < -0.3 is 9.47 Å². The fourth-order valence-corrected chi connectivity index (χ4v) is 2.94. The lowest BCUT2D eigenvalue weighted by molar-refractivity contribution is -0.385. The van der Waals surface area contributed by atoms with Crippen molar-refractivity contribution in [1.82, 2.24) is 4.83 Å². The number of aryl methyl sites for hydroxylation is 1. The zero-order chi connectivity index (χ0) is 18.0. The zero-order valence-electron chi connectivity index (χ0n) is 13.0. The van der Waals surface area contributed by atoms with Crippen LogP contribution in [-0.2, 0) is 10.0 Å². The van der Waals surface area contributed by atoms with Crippen molar-refractivity contribution in [2.24, 2.45) is 5.10 Å². The number of nitro groups is 1. The molecular formula is C15H13N3O6S. The highest BCUT2D eigenvalue weighted by Gasteiger charge is 2.22. The summed E-state index contributed by atoms with van der Waals surface area (Å²) in [4.78, 5) is 12.6.